The van der Waals surface area contributed by atoms with Crippen molar-refractivity contribution in [2.75, 3.05) is 7.11 Å². The highest BCUT2D eigenvalue weighted by atomic mass is 16.5. The summed E-state index contributed by atoms with van der Waals surface area (Å²) in [5.41, 5.74) is 11.3. The van der Waals surface area contributed by atoms with Crippen molar-refractivity contribution in [3.63, 3.8) is 0 Å². The van der Waals surface area contributed by atoms with E-state index in [1.807, 2.05) is 18.2 Å². The molecular formula is C19H25NO. The molecule has 0 saturated heterocycles. The minimum atomic E-state index is -0.185. The van der Waals surface area contributed by atoms with Crippen molar-refractivity contribution in [2.45, 2.75) is 39.2 Å². The van der Waals surface area contributed by atoms with E-state index in [4.69, 9.17) is 10.5 Å². The summed E-state index contributed by atoms with van der Waals surface area (Å²) in [6.07, 6.45) is 0. The topological polar surface area (TPSA) is 35.2 Å². The molecule has 2 N–H and O–H groups in total. The molecular weight excluding hydrogens is 258 g/mol. The van der Waals surface area contributed by atoms with Gasteiger partial charge in [-0.15, -0.1) is 0 Å². The molecule has 21 heavy (non-hydrogen) atoms. The standard InChI is InChI=1S/C19H25NO/c1-13-10-11-17(21-5)15(12-13)18(20)14-8-6-7-9-16(14)19(2,3)4/h6-12,18H,20H2,1-5H3. The lowest BCUT2D eigenvalue weighted by atomic mass is 9.80. The molecule has 1 unspecified atom stereocenters. The van der Waals surface area contributed by atoms with Crippen LogP contribution in [0.15, 0.2) is 42.5 Å². The molecule has 0 heterocycles. The van der Waals surface area contributed by atoms with Gasteiger partial charge in [0.25, 0.3) is 0 Å². The zero-order chi connectivity index (χ0) is 15.6. The van der Waals surface area contributed by atoms with E-state index >= 15 is 0 Å². The van der Waals surface area contributed by atoms with E-state index in [0.717, 1.165) is 16.9 Å². The van der Waals surface area contributed by atoms with Crippen molar-refractivity contribution in [2.24, 2.45) is 5.73 Å². The lowest BCUT2D eigenvalue weighted by Gasteiger charge is -2.26. The van der Waals surface area contributed by atoms with Gasteiger partial charge in [0.1, 0.15) is 5.75 Å². The second-order valence-corrected chi connectivity index (χ2v) is 6.56. The molecule has 0 aliphatic carbocycles. The minimum Gasteiger partial charge on any atom is -0.496 e. The Hall–Kier alpha value is -1.80. The predicted octanol–water partition coefficient (Wildman–Crippen LogP) is 4.35. The summed E-state index contributed by atoms with van der Waals surface area (Å²) in [5, 5.41) is 0. The van der Waals surface area contributed by atoms with E-state index in [2.05, 4.69) is 52.0 Å². The van der Waals surface area contributed by atoms with Crippen LogP contribution < -0.4 is 10.5 Å². The molecule has 0 amide bonds. The van der Waals surface area contributed by atoms with Crippen LogP contribution in [0.4, 0.5) is 0 Å². The van der Waals surface area contributed by atoms with Gasteiger partial charge in [-0.1, -0.05) is 62.7 Å². The van der Waals surface area contributed by atoms with Crippen LogP contribution in [0.3, 0.4) is 0 Å². The van der Waals surface area contributed by atoms with Crippen LogP contribution in [-0.4, -0.2) is 7.11 Å². The Kier molecular flexibility index (Phi) is 4.38. The molecule has 0 spiro atoms. The molecule has 0 saturated carbocycles. The van der Waals surface area contributed by atoms with Crippen molar-refractivity contribution in [3.8, 4) is 5.75 Å². The summed E-state index contributed by atoms with van der Waals surface area (Å²) in [7, 11) is 1.69. The highest BCUT2D eigenvalue weighted by molar-refractivity contribution is 5.46. The van der Waals surface area contributed by atoms with Crippen LogP contribution in [0.25, 0.3) is 0 Å². The number of methoxy groups -OCH3 is 1. The van der Waals surface area contributed by atoms with E-state index in [9.17, 15) is 0 Å². The molecule has 0 fully saturated rings. The van der Waals surface area contributed by atoms with Crippen LogP contribution in [0.1, 0.15) is 49.1 Å². The van der Waals surface area contributed by atoms with Crippen molar-refractivity contribution in [3.05, 3.63) is 64.7 Å². The Bertz CT molecular complexity index is 626. The smallest absolute Gasteiger partial charge is 0.123 e. The Morgan fingerprint density at radius 2 is 1.67 bits per heavy atom. The SMILES string of the molecule is COc1ccc(C)cc1C(N)c1ccccc1C(C)(C)C. The largest absolute Gasteiger partial charge is 0.496 e. The first-order valence-electron chi connectivity index (χ1n) is 7.34. The molecule has 112 valence electrons. The maximum absolute atomic E-state index is 6.58. The molecule has 2 heteroatoms. The zero-order valence-corrected chi connectivity index (χ0v) is 13.6. The maximum Gasteiger partial charge on any atom is 0.123 e. The fourth-order valence-electron chi connectivity index (χ4n) is 2.72. The van der Waals surface area contributed by atoms with Gasteiger partial charge in [0.2, 0.25) is 0 Å². The van der Waals surface area contributed by atoms with E-state index in [1.165, 1.54) is 11.1 Å². The molecule has 2 aromatic rings. The zero-order valence-electron chi connectivity index (χ0n) is 13.6. The summed E-state index contributed by atoms with van der Waals surface area (Å²) in [4.78, 5) is 0. The maximum atomic E-state index is 6.58. The number of nitrogens with two attached hydrogens (primary N) is 1. The monoisotopic (exact) mass is 283 g/mol. The van der Waals surface area contributed by atoms with Gasteiger partial charge in [0.05, 0.1) is 13.2 Å². The van der Waals surface area contributed by atoms with Gasteiger partial charge < -0.3 is 10.5 Å². The van der Waals surface area contributed by atoms with Gasteiger partial charge in [-0.05, 0) is 29.5 Å². The first kappa shape index (κ1) is 15.6. The van der Waals surface area contributed by atoms with Gasteiger partial charge >= 0.3 is 0 Å². The van der Waals surface area contributed by atoms with Crippen LogP contribution in [0, 0.1) is 6.92 Å². The van der Waals surface area contributed by atoms with Gasteiger partial charge in [0.15, 0.2) is 0 Å². The summed E-state index contributed by atoms with van der Waals surface area (Å²) < 4.78 is 5.49. The molecule has 0 aromatic heterocycles. The van der Waals surface area contributed by atoms with Gasteiger partial charge in [-0.25, -0.2) is 0 Å². The predicted molar refractivity (Wildman–Crippen MR) is 88.9 cm³/mol. The third-order valence-electron chi connectivity index (χ3n) is 3.82. The fraction of sp³-hybridized carbons (Fsp3) is 0.368. The van der Waals surface area contributed by atoms with Crippen molar-refractivity contribution >= 4 is 0 Å². The van der Waals surface area contributed by atoms with E-state index in [1.54, 1.807) is 7.11 Å². The summed E-state index contributed by atoms with van der Waals surface area (Å²) in [5.74, 6) is 0.844. The molecule has 0 aliphatic rings. The highest BCUT2D eigenvalue weighted by Crippen LogP contribution is 2.35. The third kappa shape index (κ3) is 3.27. The van der Waals surface area contributed by atoms with Crippen LogP contribution >= 0.6 is 0 Å². The third-order valence-corrected chi connectivity index (χ3v) is 3.82. The molecule has 2 rings (SSSR count). The van der Waals surface area contributed by atoms with E-state index in [-0.39, 0.29) is 11.5 Å². The minimum absolute atomic E-state index is 0.0608. The van der Waals surface area contributed by atoms with Crippen LogP contribution in [-0.2, 0) is 5.41 Å². The molecule has 1 atom stereocenters. The molecule has 0 aliphatic heterocycles. The molecule has 0 radical (unpaired) electrons. The lowest BCUT2D eigenvalue weighted by Crippen LogP contribution is -2.21. The van der Waals surface area contributed by atoms with Gasteiger partial charge in [0, 0.05) is 5.56 Å². The van der Waals surface area contributed by atoms with Crippen molar-refractivity contribution < 1.29 is 4.74 Å². The van der Waals surface area contributed by atoms with Crippen LogP contribution in [0.2, 0.25) is 0 Å². The van der Waals surface area contributed by atoms with Gasteiger partial charge in [-0.2, -0.15) is 0 Å². The van der Waals surface area contributed by atoms with Gasteiger partial charge in [-0.3, -0.25) is 0 Å². The first-order valence-corrected chi connectivity index (χ1v) is 7.34. The Morgan fingerprint density at radius 3 is 2.29 bits per heavy atom. The lowest BCUT2D eigenvalue weighted by molar-refractivity contribution is 0.407. The van der Waals surface area contributed by atoms with Crippen molar-refractivity contribution in [1.29, 1.82) is 0 Å². The quantitative estimate of drug-likeness (QED) is 0.909. The summed E-state index contributed by atoms with van der Waals surface area (Å²) in [6, 6.07) is 14.4. The van der Waals surface area contributed by atoms with E-state index in [0.29, 0.717) is 0 Å². The molecule has 2 nitrogen and oxygen atoms in total. The Balaban J connectivity index is 2.56. The number of hydrogen-bond acceptors (Lipinski definition) is 2. The Labute approximate surface area is 127 Å². The average molecular weight is 283 g/mol. The average Bonchev–Trinajstić information content (AvgIpc) is 2.45. The van der Waals surface area contributed by atoms with E-state index < -0.39 is 0 Å². The van der Waals surface area contributed by atoms with Crippen LogP contribution in [0.5, 0.6) is 5.75 Å². The Morgan fingerprint density at radius 1 is 1.00 bits per heavy atom. The van der Waals surface area contributed by atoms with Crippen molar-refractivity contribution in [1.82, 2.24) is 0 Å². The second kappa shape index (κ2) is 5.90. The summed E-state index contributed by atoms with van der Waals surface area (Å²) >= 11 is 0. The normalized spacial score (nSPS) is 13.0. The molecule has 0 bridgehead atoms. The number of rotatable bonds is 3. The number of benzene rings is 2. The number of ether oxygens (including phenoxy) is 1. The first-order chi connectivity index (χ1) is 9.84. The summed E-state index contributed by atoms with van der Waals surface area (Å²) in [6.45, 7) is 8.72. The number of hydrogen-bond donors (Lipinski definition) is 1. The molecule has 2 aromatic carbocycles. The highest BCUT2D eigenvalue weighted by Gasteiger charge is 2.23. The number of aryl methyl sites for hydroxylation is 1. The second-order valence-electron chi connectivity index (χ2n) is 6.56. The fourth-order valence-corrected chi connectivity index (χ4v) is 2.72.